The lowest BCUT2D eigenvalue weighted by molar-refractivity contribution is -0.130. The summed E-state index contributed by atoms with van der Waals surface area (Å²) in [6.07, 6.45) is -0.0881. The molecule has 0 saturated carbocycles. The maximum absolute atomic E-state index is 12.6. The van der Waals surface area contributed by atoms with Crippen LogP contribution in [0.4, 0.5) is 0 Å². The predicted octanol–water partition coefficient (Wildman–Crippen LogP) is 3.94. The molecule has 2 aromatic carbocycles. The molecule has 168 valence electrons. The lowest BCUT2D eigenvalue weighted by atomic mass is 10.2. The molecule has 0 aliphatic rings. The normalized spacial score (nSPS) is 13.6. The van der Waals surface area contributed by atoms with E-state index >= 15 is 0 Å². The summed E-state index contributed by atoms with van der Waals surface area (Å²) in [6, 6.07) is 15.0. The first-order valence-electron chi connectivity index (χ1n) is 10.9. The Kier molecular flexibility index (Phi) is 9.38. The van der Waals surface area contributed by atoms with Gasteiger partial charge in [0.25, 0.3) is 11.8 Å². The van der Waals surface area contributed by atoms with Gasteiger partial charge < -0.3 is 20.1 Å². The molecule has 6 heteroatoms. The quantitative estimate of drug-likeness (QED) is 0.571. The van der Waals surface area contributed by atoms with Crippen molar-refractivity contribution in [3.8, 4) is 11.5 Å². The molecule has 6 nitrogen and oxygen atoms in total. The molecule has 0 aliphatic carbocycles. The van der Waals surface area contributed by atoms with Gasteiger partial charge in [-0.15, -0.1) is 0 Å². The summed E-state index contributed by atoms with van der Waals surface area (Å²) in [6.45, 7) is 9.91. The zero-order valence-electron chi connectivity index (χ0n) is 19.1. The standard InChI is InChI=1S/C25H34N2O4/c1-6-22(30-20-12-8-10-17(3)14-20)24(28)26-16-19(5)27-25(29)23(7-2)31-21-13-9-11-18(4)15-21/h8-15,19,22-23H,6-7,16H2,1-5H3,(H,26,28)(H,27,29). The Hall–Kier alpha value is -3.02. The second kappa shape index (κ2) is 12.0. The molecule has 3 atom stereocenters. The number of ether oxygens (including phenoxy) is 2. The average molecular weight is 427 g/mol. The lowest BCUT2D eigenvalue weighted by Gasteiger charge is -2.22. The van der Waals surface area contributed by atoms with E-state index < -0.39 is 12.2 Å². The molecule has 2 aromatic rings. The van der Waals surface area contributed by atoms with Crippen LogP contribution in [0, 0.1) is 13.8 Å². The highest BCUT2D eigenvalue weighted by atomic mass is 16.5. The fourth-order valence-electron chi connectivity index (χ4n) is 3.10. The third kappa shape index (κ3) is 7.96. The van der Waals surface area contributed by atoms with Gasteiger partial charge >= 0.3 is 0 Å². The number of carbonyl (C=O) groups excluding carboxylic acids is 2. The molecule has 0 heterocycles. The molecular formula is C25H34N2O4. The summed E-state index contributed by atoms with van der Waals surface area (Å²) in [7, 11) is 0. The highest BCUT2D eigenvalue weighted by Crippen LogP contribution is 2.16. The van der Waals surface area contributed by atoms with E-state index in [-0.39, 0.29) is 17.9 Å². The van der Waals surface area contributed by atoms with Crippen LogP contribution in [0.2, 0.25) is 0 Å². The van der Waals surface area contributed by atoms with Crippen LogP contribution in [0.15, 0.2) is 48.5 Å². The van der Waals surface area contributed by atoms with Crippen molar-refractivity contribution < 1.29 is 19.1 Å². The van der Waals surface area contributed by atoms with Crippen molar-refractivity contribution in [3.63, 3.8) is 0 Å². The molecule has 0 bridgehead atoms. The van der Waals surface area contributed by atoms with Gasteiger partial charge in [-0.25, -0.2) is 0 Å². The van der Waals surface area contributed by atoms with Gasteiger partial charge in [-0.1, -0.05) is 38.1 Å². The second-order valence-electron chi connectivity index (χ2n) is 7.82. The number of benzene rings is 2. The molecule has 31 heavy (non-hydrogen) atoms. The van der Waals surface area contributed by atoms with Crippen molar-refractivity contribution in [3.05, 3.63) is 59.7 Å². The van der Waals surface area contributed by atoms with Crippen molar-refractivity contribution in [2.24, 2.45) is 0 Å². The first-order chi connectivity index (χ1) is 14.8. The van der Waals surface area contributed by atoms with Crippen LogP contribution in [-0.2, 0) is 9.59 Å². The smallest absolute Gasteiger partial charge is 0.261 e. The summed E-state index contributed by atoms with van der Waals surface area (Å²) >= 11 is 0. The van der Waals surface area contributed by atoms with Crippen LogP contribution in [-0.4, -0.2) is 36.6 Å². The lowest BCUT2D eigenvalue weighted by Crippen LogP contribution is -2.49. The zero-order valence-corrected chi connectivity index (χ0v) is 19.1. The Labute approximate surface area is 185 Å². The van der Waals surface area contributed by atoms with Gasteiger partial charge in [-0.3, -0.25) is 9.59 Å². The number of hydrogen-bond acceptors (Lipinski definition) is 4. The first kappa shape index (κ1) is 24.3. The molecule has 2 rings (SSSR count). The van der Waals surface area contributed by atoms with E-state index in [0.29, 0.717) is 30.9 Å². The summed E-state index contributed by atoms with van der Waals surface area (Å²) in [5, 5.41) is 5.78. The second-order valence-corrected chi connectivity index (χ2v) is 7.82. The topological polar surface area (TPSA) is 76.7 Å². The Bertz CT molecular complexity index is 868. The van der Waals surface area contributed by atoms with Gasteiger partial charge in [0.05, 0.1) is 0 Å². The third-order valence-corrected chi connectivity index (χ3v) is 4.83. The van der Waals surface area contributed by atoms with Gasteiger partial charge in [0.2, 0.25) is 0 Å². The van der Waals surface area contributed by atoms with Crippen molar-refractivity contribution in [2.45, 2.75) is 65.7 Å². The van der Waals surface area contributed by atoms with E-state index in [4.69, 9.17) is 9.47 Å². The summed E-state index contributed by atoms with van der Waals surface area (Å²) in [4.78, 5) is 25.2. The van der Waals surface area contributed by atoms with E-state index in [9.17, 15) is 9.59 Å². The van der Waals surface area contributed by atoms with E-state index in [1.54, 1.807) is 0 Å². The van der Waals surface area contributed by atoms with Crippen molar-refractivity contribution in [1.29, 1.82) is 0 Å². The molecule has 0 radical (unpaired) electrons. The van der Waals surface area contributed by atoms with Crippen LogP contribution in [0.1, 0.15) is 44.7 Å². The number of rotatable bonds is 11. The Balaban J connectivity index is 1.83. The Morgan fingerprint density at radius 2 is 1.32 bits per heavy atom. The van der Waals surface area contributed by atoms with Crippen molar-refractivity contribution >= 4 is 11.8 Å². The third-order valence-electron chi connectivity index (χ3n) is 4.83. The summed E-state index contributed by atoms with van der Waals surface area (Å²) in [5.41, 5.74) is 2.14. The van der Waals surface area contributed by atoms with E-state index in [1.807, 2.05) is 83.1 Å². The maximum atomic E-state index is 12.6. The minimum absolute atomic E-state index is 0.200. The molecule has 0 aliphatic heterocycles. The molecule has 3 unspecified atom stereocenters. The highest BCUT2D eigenvalue weighted by molar-refractivity contribution is 5.82. The number of nitrogens with one attached hydrogen (secondary N) is 2. The number of hydrogen-bond donors (Lipinski definition) is 2. The SMILES string of the molecule is CCC(Oc1cccc(C)c1)C(=O)NCC(C)NC(=O)C(CC)Oc1cccc(C)c1. The molecular weight excluding hydrogens is 392 g/mol. The number of aryl methyl sites for hydroxylation is 2. The minimum atomic E-state index is -0.590. The van der Waals surface area contributed by atoms with Crippen molar-refractivity contribution in [2.75, 3.05) is 6.54 Å². The fourth-order valence-corrected chi connectivity index (χ4v) is 3.10. The molecule has 2 N–H and O–H groups in total. The zero-order chi connectivity index (χ0) is 22.8. The Morgan fingerprint density at radius 3 is 1.77 bits per heavy atom. The minimum Gasteiger partial charge on any atom is -0.481 e. The highest BCUT2D eigenvalue weighted by Gasteiger charge is 2.22. The molecule has 0 aromatic heterocycles. The first-order valence-corrected chi connectivity index (χ1v) is 10.9. The maximum Gasteiger partial charge on any atom is 0.261 e. The Morgan fingerprint density at radius 1 is 0.839 bits per heavy atom. The van der Waals surface area contributed by atoms with Gasteiger partial charge in [-0.05, 0) is 69.0 Å². The largest absolute Gasteiger partial charge is 0.481 e. The van der Waals surface area contributed by atoms with Crippen molar-refractivity contribution in [1.82, 2.24) is 10.6 Å². The van der Waals surface area contributed by atoms with Gasteiger partial charge in [0.1, 0.15) is 11.5 Å². The number of amides is 2. The van der Waals surface area contributed by atoms with Gasteiger partial charge in [0.15, 0.2) is 12.2 Å². The summed E-state index contributed by atoms with van der Waals surface area (Å²) < 4.78 is 11.7. The fraction of sp³-hybridized carbons (Fsp3) is 0.440. The molecule has 0 saturated heterocycles. The van der Waals surface area contributed by atoms with Crippen LogP contribution in [0.25, 0.3) is 0 Å². The predicted molar refractivity (Wildman–Crippen MR) is 122 cm³/mol. The molecule has 2 amide bonds. The van der Waals surface area contributed by atoms with Gasteiger partial charge in [0, 0.05) is 12.6 Å². The molecule has 0 spiro atoms. The van der Waals surface area contributed by atoms with E-state index in [1.165, 1.54) is 0 Å². The van der Waals surface area contributed by atoms with Crippen LogP contribution < -0.4 is 20.1 Å². The van der Waals surface area contributed by atoms with Gasteiger partial charge in [-0.2, -0.15) is 0 Å². The number of carbonyl (C=O) groups is 2. The van der Waals surface area contributed by atoms with E-state index in [2.05, 4.69) is 10.6 Å². The average Bonchev–Trinajstić information content (AvgIpc) is 2.74. The van der Waals surface area contributed by atoms with Crippen LogP contribution in [0.3, 0.4) is 0 Å². The summed E-state index contributed by atoms with van der Waals surface area (Å²) in [5.74, 6) is 0.937. The monoisotopic (exact) mass is 426 g/mol. The van der Waals surface area contributed by atoms with E-state index in [0.717, 1.165) is 11.1 Å². The van der Waals surface area contributed by atoms with Crippen LogP contribution >= 0.6 is 0 Å². The molecule has 0 fully saturated rings. The van der Waals surface area contributed by atoms with Crippen LogP contribution in [0.5, 0.6) is 11.5 Å².